The molecule has 1 aromatic rings. The highest BCUT2D eigenvalue weighted by Gasteiger charge is 2.50. The first-order chi connectivity index (χ1) is 11.7. The van der Waals surface area contributed by atoms with Crippen LogP contribution < -0.4 is 0 Å². The summed E-state index contributed by atoms with van der Waals surface area (Å²) in [7, 11) is 1.48. The Morgan fingerprint density at radius 2 is 2.00 bits per heavy atom. The van der Waals surface area contributed by atoms with Crippen LogP contribution in [0.2, 0.25) is 0 Å². The van der Waals surface area contributed by atoms with Crippen LogP contribution in [0.4, 0.5) is 0 Å². The lowest BCUT2D eigenvalue weighted by Crippen LogP contribution is -2.63. The maximum atomic E-state index is 10.5. The van der Waals surface area contributed by atoms with Crippen molar-refractivity contribution in [1.82, 2.24) is 0 Å². The molecule has 0 aliphatic carbocycles. The molecule has 0 aromatic heterocycles. The number of fused-ring (bicyclic) bond motifs is 1. The van der Waals surface area contributed by atoms with Gasteiger partial charge in [-0.2, -0.15) is 0 Å². The Labute approximate surface area is 141 Å². The first kappa shape index (κ1) is 17.8. The fraction of sp³-hybridized carbons (Fsp3) is 0.647. The van der Waals surface area contributed by atoms with Gasteiger partial charge < -0.3 is 33.5 Å². The summed E-state index contributed by atoms with van der Waals surface area (Å²) in [5.41, 5.74) is 0.905. The summed E-state index contributed by atoms with van der Waals surface area (Å²) in [6.45, 7) is 2.79. The molecule has 0 saturated carbocycles. The van der Waals surface area contributed by atoms with Crippen molar-refractivity contribution in [3.05, 3.63) is 35.9 Å². The lowest BCUT2D eigenvalue weighted by molar-refractivity contribution is -0.367. The number of rotatable bonds is 6. The minimum absolute atomic E-state index is 0.0676. The van der Waals surface area contributed by atoms with Crippen LogP contribution in [-0.4, -0.2) is 62.9 Å². The molecule has 2 unspecified atom stereocenters. The molecule has 0 bridgehead atoms. The SMILES string of the molecule is CCOCO[C@H]1[C@@H]2OC(c3ccccc3)OC[C@H]2OC(OC)[C@H]1O. The third-order valence-electron chi connectivity index (χ3n) is 4.16. The predicted octanol–water partition coefficient (Wildman–Crippen LogP) is 1.21. The van der Waals surface area contributed by atoms with Crippen molar-refractivity contribution in [3.8, 4) is 0 Å². The number of benzene rings is 1. The van der Waals surface area contributed by atoms with Crippen LogP contribution in [0.15, 0.2) is 30.3 Å². The van der Waals surface area contributed by atoms with Crippen LogP contribution in [-0.2, 0) is 28.4 Å². The molecule has 2 aliphatic rings. The van der Waals surface area contributed by atoms with Crippen LogP contribution in [0.25, 0.3) is 0 Å². The summed E-state index contributed by atoms with van der Waals surface area (Å²) in [5, 5.41) is 10.5. The molecule has 2 heterocycles. The molecule has 0 amide bonds. The molecule has 3 rings (SSSR count). The van der Waals surface area contributed by atoms with Crippen molar-refractivity contribution >= 4 is 0 Å². The monoisotopic (exact) mass is 340 g/mol. The topological polar surface area (TPSA) is 75.6 Å². The molecular weight excluding hydrogens is 316 g/mol. The molecule has 2 saturated heterocycles. The van der Waals surface area contributed by atoms with Gasteiger partial charge in [0.05, 0.1) is 6.61 Å². The highest BCUT2D eigenvalue weighted by molar-refractivity contribution is 5.16. The molecule has 6 atom stereocenters. The zero-order valence-corrected chi connectivity index (χ0v) is 13.9. The first-order valence-electron chi connectivity index (χ1n) is 8.12. The number of ether oxygens (including phenoxy) is 6. The van der Waals surface area contributed by atoms with Crippen LogP contribution >= 0.6 is 0 Å². The molecule has 134 valence electrons. The Morgan fingerprint density at radius 3 is 2.71 bits per heavy atom. The van der Waals surface area contributed by atoms with Crippen molar-refractivity contribution in [1.29, 1.82) is 0 Å². The fourth-order valence-corrected chi connectivity index (χ4v) is 2.94. The minimum Gasteiger partial charge on any atom is -0.385 e. The minimum atomic E-state index is -0.980. The van der Waals surface area contributed by atoms with E-state index in [1.165, 1.54) is 7.11 Å². The standard InChI is InChI=1S/C17H24O7/c1-3-20-10-22-15-13(18)17(19-2)23-12-9-21-16(24-14(12)15)11-7-5-4-6-8-11/h4-8,12-18H,3,9-10H2,1-2H3/t12-,13+,14-,15-,16?,17?/m1/s1. The summed E-state index contributed by atoms with van der Waals surface area (Å²) < 4.78 is 33.7. The van der Waals surface area contributed by atoms with E-state index in [0.717, 1.165) is 5.56 Å². The maximum Gasteiger partial charge on any atom is 0.186 e. The predicted molar refractivity (Wildman–Crippen MR) is 83.1 cm³/mol. The second-order valence-electron chi connectivity index (χ2n) is 5.69. The fourth-order valence-electron chi connectivity index (χ4n) is 2.94. The number of hydrogen-bond donors (Lipinski definition) is 1. The lowest BCUT2D eigenvalue weighted by Gasteiger charge is -2.47. The Balaban J connectivity index is 1.73. The molecule has 0 spiro atoms. The zero-order chi connectivity index (χ0) is 16.9. The van der Waals surface area contributed by atoms with Gasteiger partial charge >= 0.3 is 0 Å². The summed E-state index contributed by atoms with van der Waals surface area (Å²) in [4.78, 5) is 0. The van der Waals surface area contributed by atoms with Gasteiger partial charge in [0.25, 0.3) is 0 Å². The molecule has 2 fully saturated rings. The number of methoxy groups -OCH3 is 1. The van der Waals surface area contributed by atoms with E-state index in [0.29, 0.717) is 13.2 Å². The number of aliphatic hydroxyl groups is 1. The smallest absolute Gasteiger partial charge is 0.186 e. The van der Waals surface area contributed by atoms with E-state index >= 15 is 0 Å². The Bertz CT molecular complexity index is 497. The highest BCUT2D eigenvalue weighted by atomic mass is 16.8. The molecule has 1 N–H and O–H groups in total. The van der Waals surface area contributed by atoms with E-state index in [4.69, 9.17) is 28.4 Å². The van der Waals surface area contributed by atoms with Crippen LogP contribution in [0.5, 0.6) is 0 Å². The average Bonchev–Trinajstić information content (AvgIpc) is 2.63. The summed E-state index contributed by atoms with van der Waals surface area (Å²) in [5.74, 6) is 0. The van der Waals surface area contributed by atoms with Gasteiger partial charge in [0.1, 0.15) is 31.2 Å². The summed E-state index contributed by atoms with van der Waals surface area (Å²) in [6, 6.07) is 9.63. The van der Waals surface area contributed by atoms with Crippen molar-refractivity contribution in [2.24, 2.45) is 0 Å². The Morgan fingerprint density at radius 1 is 1.21 bits per heavy atom. The largest absolute Gasteiger partial charge is 0.385 e. The molecular formula is C17H24O7. The average molecular weight is 340 g/mol. The van der Waals surface area contributed by atoms with E-state index in [2.05, 4.69) is 0 Å². The van der Waals surface area contributed by atoms with Gasteiger partial charge in [-0.15, -0.1) is 0 Å². The second kappa shape index (κ2) is 8.35. The van der Waals surface area contributed by atoms with Gasteiger partial charge in [-0.3, -0.25) is 0 Å². The lowest BCUT2D eigenvalue weighted by atomic mass is 9.97. The summed E-state index contributed by atoms with van der Waals surface area (Å²) in [6.07, 6.45) is -3.80. The zero-order valence-electron chi connectivity index (χ0n) is 13.9. The molecule has 7 nitrogen and oxygen atoms in total. The van der Waals surface area contributed by atoms with Crippen LogP contribution in [0, 0.1) is 0 Å². The Kier molecular flexibility index (Phi) is 6.18. The first-order valence-corrected chi connectivity index (χ1v) is 8.12. The second-order valence-corrected chi connectivity index (χ2v) is 5.69. The molecule has 2 aliphatic heterocycles. The van der Waals surface area contributed by atoms with E-state index in [9.17, 15) is 5.11 Å². The van der Waals surface area contributed by atoms with Gasteiger partial charge in [-0.05, 0) is 6.92 Å². The van der Waals surface area contributed by atoms with E-state index < -0.39 is 30.9 Å². The normalized spacial score (nSPS) is 36.3. The number of aliphatic hydroxyl groups excluding tert-OH is 1. The highest BCUT2D eigenvalue weighted by Crippen LogP contribution is 2.35. The van der Waals surface area contributed by atoms with Crippen molar-refractivity contribution in [2.75, 3.05) is 27.1 Å². The van der Waals surface area contributed by atoms with E-state index in [1.54, 1.807) is 0 Å². The number of hydrogen-bond acceptors (Lipinski definition) is 7. The van der Waals surface area contributed by atoms with Gasteiger partial charge in [-0.25, -0.2) is 0 Å². The van der Waals surface area contributed by atoms with E-state index in [1.807, 2.05) is 37.3 Å². The van der Waals surface area contributed by atoms with Crippen LogP contribution in [0.1, 0.15) is 18.8 Å². The Hall–Kier alpha value is -1.06. The third-order valence-corrected chi connectivity index (χ3v) is 4.16. The third kappa shape index (κ3) is 3.78. The quantitative estimate of drug-likeness (QED) is 0.616. The molecule has 0 radical (unpaired) electrons. The van der Waals surface area contributed by atoms with Crippen molar-refractivity contribution in [2.45, 2.75) is 43.9 Å². The summed E-state index contributed by atoms with van der Waals surface area (Å²) >= 11 is 0. The molecule has 1 aromatic carbocycles. The van der Waals surface area contributed by atoms with Crippen LogP contribution in [0.3, 0.4) is 0 Å². The van der Waals surface area contributed by atoms with Gasteiger partial charge in [0.15, 0.2) is 12.6 Å². The van der Waals surface area contributed by atoms with Gasteiger partial charge in [-0.1, -0.05) is 30.3 Å². The molecule has 7 heteroatoms. The van der Waals surface area contributed by atoms with Gasteiger partial charge in [0.2, 0.25) is 0 Å². The van der Waals surface area contributed by atoms with E-state index in [-0.39, 0.29) is 12.9 Å². The van der Waals surface area contributed by atoms with Crippen molar-refractivity contribution < 1.29 is 33.5 Å². The maximum absolute atomic E-state index is 10.5. The van der Waals surface area contributed by atoms with Gasteiger partial charge in [0, 0.05) is 19.3 Å². The molecule has 24 heavy (non-hydrogen) atoms. The van der Waals surface area contributed by atoms with Crippen molar-refractivity contribution in [3.63, 3.8) is 0 Å².